The predicted molar refractivity (Wildman–Crippen MR) is 119 cm³/mol. The Morgan fingerprint density at radius 2 is 1.81 bits per heavy atom. The van der Waals surface area contributed by atoms with E-state index in [0.717, 1.165) is 11.3 Å². The minimum Gasteiger partial charge on any atom is -0.350 e. The second-order valence-corrected chi connectivity index (χ2v) is 7.77. The maximum absolute atomic E-state index is 13.1. The smallest absolute Gasteiger partial charge is 0.252 e. The first-order chi connectivity index (χ1) is 14.9. The number of nitrogens with one attached hydrogen (secondary N) is 2. The van der Waals surface area contributed by atoms with Gasteiger partial charge >= 0.3 is 0 Å². The van der Waals surface area contributed by atoms with E-state index in [2.05, 4.69) is 20.7 Å². The Hall–Kier alpha value is -4.00. The summed E-state index contributed by atoms with van der Waals surface area (Å²) in [5, 5.41) is 11.0. The van der Waals surface area contributed by atoms with Crippen molar-refractivity contribution in [3.05, 3.63) is 90.4 Å². The highest BCUT2D eigenvalue weighted by atomic mass is 16.2. The van der Waals surface area contributed by atoms with Crippen LogP contribution in [0.5, 0.6) is 0 Å². The first-order valence-corrected chi connectivity index (χ1v) is 9.97. The molecule has 0 atom stereocenters. The first kappa shape index (κ1) is 20.3. The number of hydrogen-bond acceptors (Lipinski definition) is 4. The summed E-state index contributed by atoms with van der Waals surface area (Å²) in [6.07, 6.45) is 5.19. The van der Waals surface area contributed by atoms with Crippen molar-refractivity contribution in [3.63, 3.8) is 0 Å². The molecule has 156 valence electrons. The van der Waals surface area contributed by atoms with Gasteiger partial charge in [-0.05, 0) is 43.7 Å². The van der Waals surface area contributed by atoms with Gasteiger partial charge in [0.2, 0.25) is 5.91 Å². The van der Waals surface area contributed by atoms with Crippen LogP contribution in [0.2, 0.25) is 0 Å². The Balaban J connectivity index is 1.52. The van der Waals surface area contributed by atoms with E-state index < -0.39 is 5.54 Å². The molecule has 0 bridgehead atoms. The van der Waals surface area contributed by atoms with Crippen LogP contribution in [-0.2, 0) is 11.3 Å². The van der Waals surface area contributed by atoms with Gasteiger partial charge in [-0.25, -0.2) is 4.68 Å². The molecule has 0 saturated carbocycles. The van der Waals surface area contributed by atoms with Crippen molar-refractivity contribution in [1.82, 2.24) is 25.4 Å². The molecule has 0 aliphatic rings. The largest absolute Gasteiger partial charge is 0.350 e. The fraction of sp³-hybridized carbons (Fsp3) is 0.167. The zero-order valence-electron chi connectivity index (χ0n) is 17.4. The predicted octanol–water partition coefficient (Wildman–Crippen LogP) is 3.25. The van der Waals surface area contributed by atoms with Gasteiger partial charge in [0.25, 0.3) is 5.91 Å². The SMILES string of the molecule is CC(C)(NC(=O)c1cccc2nn(-c3cccnc3)cc12)C(=O)NCc1ccccc1. The molecule has 2 amide bonds. The summed E-state index contributed by atoms with van der Waals surface area (Å²) in [5.41, 5.74) is 1.84. The van der Waals surface area contributed by atoms with Crippen molar-refractivity contribution in [2.75, 3.05) is 0 Å². The minimum absolute atomic E-state index is 0.261. The van der Waals surface area contributed by atoms with E-state index >= 15 is 0 Å². The number of benzene rings is 2. The Labute approximate surface area is 180 Å². The van der Waals surface area contributed by atoms with Gasteiger partial charge in [-0.15, -0.1) is 0 Å². The third-order valence-electron chi connectivity index (χ3n) is 4.99. The molecule has 4 aromatic rings. The lowest BCUT2D eigenvalue weighted by Gasteiger charge is -2.25. The standard InChI is InChI=1S/C24H23N5O2/c1-24(2,23(31)26-14-17-8-4-3-5-9-17)27-22(30)19-11-6-12-21-20(19)16-29(28-21)18-10-7-13-25-15-18/h3-13,15-16H,14H2,1-2H3,(H,26,31)(H,27,30). The number of nitrogens with zero attached hydrogens (tertiary/aromatic N) is 3. The molecule has 31 heavy (non-hydrogen) atoms. The molecule has 2 aromatic heterocycles. The number of rotatable bonds is 6. The number of carbonyl (C=O) groups is 2. The highest BCUT2D eigenvalue weighted by molar-refractivity contribution is 6.08. The summed E-state index contributed by atoms with van der Waals surface area (Å²) < 4.78 is 1.69. The quantitative estimate of drug-likeness (QED) is 0.508. The van der Waals surface area contributed by atoms with Gasteiger partial charge in [0, 0.05) is 24.3 Å². The van der Waals surface area contributed by atoms with Gasteiger partial charge in [0.15, 0.2) is 0 Å². The van der Waals surface area contributed by atoms with Crippen molar-refractivity contribution in [2.45, 2.75) is 25.9 Å². The van der Waals surface area contributed by atoms with Crippen molar-refractivity contribution in [3.8, 4) is 5.69 Å². The molecule has 0 spiro atoms. The number of fused-ring (bicyclic) bond motifs is 1. The molecule has 2 aromatic carbocycles. The number of carbonyl (C=O) groups excluding carboxylic acids is 2. The lowest BCUT2D eigenvalue weighted by atomic mass is 10.0. The van der Waals surface area contributed by atoms with Gasteiger partial charge in [0.1, 0.15) is 5.54 Å². The highest BCUT2D eigenvalue weighted by Gasteiger charge is 2.30. The molecule has 0 aliphatic carbocycles. The van der Waals surface area contributed by atoms with E-state index in [4.69, 9.17) is 0 Å². The summed E-state index contributed by atoms with van der Waals surface area (Å²) in [5.74, 6) is -0.598. The minimum atomic E-state index is -1.09. The lowest BCUT2D eigenvalue weighted by Crippen LogP contribution is -2.54. The molecular formula is C24H23N5O2. The van der Waals surface area contributed by atoms with Crippen LogP contribution < -0.4 is 10.6 Å². The van der Waals surface area contributed by atoms with Crippen LogP contribution in [0.15, 0.2) is 79.3 Å². The number of hydrogen-bond donors (Lipinski definition) is 2. The fourth-order valence-corrected chi connectivity index (χ4v) is 3.27. The summed E-state index contributed by atoms with van der Waals surface area (Å²) >= 11 is 0. The third-order valence-corrected chi connectivity index (χ3v) is 4.99. The summed E-state index contributed by atoms with van der Waals surface area (Å²) in [4.78, 5) is 29.9. The van der Waals surface area contributed by atoms with Crippen LogP contribution in [0, 0.1) is 0 Å². The molecule has 0 aliphatic heterocycles. The summed E-state index contributed by atoms with van der Waals surface area (Å²) in [6, 6.07) is 18.7. The normalized spacial score (nSPS) is 11.3. The maximum atomic E-state index is 13.1. The van der Waals surface area contributed by atoms with Crippen LogP contribution in [0.3, 0.4) is 0 Å². The van der Waals surface area contributed by atoms with E-state index in [-0.39, 0.29) is 11.8 Å². The van der Waals surface area contributed by atoms with E-state index in [0.29, 0.717) is 23.0 Å². The van der Waals surface area contributed by atoms with Crippen LogP contribution in [-0.4, -0.2) is 32.1 Å². The number of aromatic nitrogens is 3. The van der Waals surface area contributed by atoms with Crippen LogP contribution >= 0.6 is 0 Å². The molecule has 0 unspecified atom stereocenters. The number of pyridine rings is 1. The van der Waals surface area contributed by atoms with E-state index in [9.17, 15) is 9.59 Å². The first-order valence-electron chi connectivity index (χ1n) is 9.97. The molecule has 4 rings (SSSR count). The Kier molecular flexibility index (Phi) is 5.49. The zero-order valence-corrected chi connectivity index (χ0v) is 17.4. The highest BCUT2D eigenvalue weighted by Crippen LogP contribution is 2.20. The Bertz CT molecular complexity index is 1220. The summed E-state index contributed by atoms with van der Waals surface area (Å²) in [7, 11) is 0. The van der Waals surface area contributed by atoms with E-state index in [1.54, 1.807) is 49.3 Å². The fourth-order valence-electron chi connectivity index (χ4n) is 3.27. The molecule has 2 heterocycles. The monoisotopic (exact) mass is 413 g/mol. The van der Waals surface area contributed by atoms with E-state index in [1.165, 1.54) is 0 Å². The molecular weight excluding hydrogens is 390 g/mol. The average Bonchev–Trinajstić information content (AvgIpc) is 3.23. The van der Waals surface area contributed by atoms with Gasteiger partial charge in [0.05, 0.1) is 23.0 Å². The third kappa shape index (κ3) is 4.45. The molecule has 7 nitrogen and oxygen atoms in total. The van der Waals surface area contributed by atoms with Gasteiger partial charge in [-0.2, -0.15) is 5.10 Å². The second-order valence-electron chi connectivity index (χ2n) is 7.77. The molecule has 7 heteroatoms. The molecule has 0 radical (unpaired) electrons. The van der Waals surface area contributed by atoms with Crippen molar-refractivity contribution >= 4 is 22.7 Å². The van der Waals surface area contributed by atoms with Crippen LogP contribution in [0.25, 0.3) is 16.6 Å². The lowest BCUT2D eigenvalue weighted by molar-refractivity contribution is -0.126. The van der Waals surface area contributed by atoms with E-state index in [1.807, 2.05) is 48.5 Å². The topological polar surface area (TPSA) is 88.9 Å². The van der Waals surface area contributed by atoms with Crippen molar-refractivity contribution in [1.29, 1.82) is 0 Å². The molecule has 0 saturated heterocycles. The maximum Gasteiger partial charge on any atom is 0.252 e. The van der Waals surface area contributed by atoms with Crippen LogP contribution in [0.1, 0.15) is 29.8 Å². The Morgan fingerprint density at radius 1 is 1.00 bits per heavy atom. The van der Waals surface area contributed by atoms with Crippen molar-refractivity contribution < 1.29 is 9.59 Å². The Morgan fingerprint density at radius 3 is 2.55 bits per heavy atom. The van der Waals surface area contributed by atoms with Gasteiger partial charge < -0.3 is 10.6 Å². The van der Waals surface area contributed by atoms with Crippen LogP contribution in [0.4, 0.5) is 0 Å². The summed E-state index contributed by atoms with van der Waals surface area (Å²) in [6.45, 7) is 3.77. The second kappa shape index (κ2) is 8.39. The van der Waals surface area contributed by atoms with Gasteiger partial charge in [-0.3, -0.25) is 14.6 Å². The average molecular weight is 413 g/mol. The zero-order chi connectivity index (χ0) is 21.8. The molecule has 0 fully saturated rings. The van der Waals surface area contributed by atoms with Gasteiger partial charge in [-0.1, -0.05) is 36.4 Å². The van der Waals surface area contributed by atoms with Crippen molar-refractivity contribution in [2.24, 2.45) is 0 Å². The number of amides is 2. The molecule has 2 N–H and O–H groups in total.